The molecule has 8 rings (SSSR count). The van der Waals surface area contributed by atoms with E-state index in [1.807, 2.05) is 0 Å². The van der Waals surface area contributed by atoms with Crippen LogP contribution in [0, 0.1) is 37.5 Å². The van der Waals surface area contributed by atoms with E-state index in [0.29, 0.717) is 69.3 Å². The van der Waals surface area contributed by atoms with Crippen LogP contribution in [0.1, 0.15) is 70.9 Å². The van der Waals surface area contributed by atoms with Gasteiger partial charge in [-0.25, -0.2) is 34.1 Å². The Morgan fingerprint density at radius 2 is 1.21 bits per heavy atom. The molecule has 0 bridgehead atoms. The van der Waals surface area contributed by atoms with Gasteiger partial charge < -0.3 is 36.6 Å². The molecule has 2 saturated heterocycles. The molecule has 6 aromatic rings. The van der Waals surface area contributed by atoms with E-state index in [1.165, 1.54) is 25.4 Å². The average Bonchev–Trinajstić information content (AvgIpc) is 3.95. The standard InChI is InChI=1S/C22H21N5O4.C20H18N6O3.CH4.H3N/c1-4-31-20(28)18-17-13-23-14(2)24-19(17)27(25-18)16-7-5-6-15(12-16)8-9-22(30)10-11-26(3)21(22)29;1-12-22-11-15-16(17(21)27)24-26(18(15)23-12)14-5-3-4-13(10-14)6-7-20(29)8-9-25(2)19(20)28;;/h5-7,12-13,30H,4,10-11H2,1-3H3;3-5,10-11,29H,8-9H2,1-2H3,(H2,21,27);1H4;1H3/t22-;20-;;/m00../s1. The minimum Gasteiger partial charge on any atom is -0.461 e. The lowest BCUT2D eigenvalue weighted by molar-refractivity contribution is -0.138. The van der Waals surface area contributed by atoms with Crippen molar-refractivity contribution in [3.63, 3.8) is 0 Å². The number of benzene rings is 2. The van der Waals surface area contributed by atoms with Crippen LogP contribution < -0.4 is 11.9 Å². The van der Waals surface area contributed by atoms with Gasteiger partial charge in [0.1, 0.15) is 11.6 Å². The number of likely N-dealkylation sites (N-methyl/N-ethyl adjacent to an activating group) is 2. The number of hydrogen-bond acceptors (Lipinski definition) is 14. The molecule has 2 aliphatic rings. The fraction of sp³-hybridized carbons (Fsp3) is 0.302. The summed E-state index contributed by atoms with van der Waals surface area (Å²) in [6, 6.07) is 14.1. The Morgan fingerprint density at radius 1 is 0.774 bits per heavy atom. The van der Waals surface area contributed by atoms with Crippen LogP contribution in [-0.2, 0) is 14.3 Å². The van der Waals surface area contributed by atoms with Gasteiger partial charge in [0.2, 0.25) is 11.2 Å². The number of hydrogen-bond donors (Lipinski definition) is 4. The molecule has 4 aromatic heterocycles. The Balaban J connectivity index is 0.000000227. The number of primary amides is 1. The predicted octanol–water partition coefficient (Wildman–Crippen LogP) is 2.21. The minimum absolute atomic E-state index is 0. The summed E-state index contributed by atoms with van der Waals surface area (Å²) in [6.07, 6.45) is 3.59. The highest BCUT2D eigenvalue weighted by Gasteiger charge is 2.43. The van der Waals surface area contributed by atoms with Gasteiger partial charge in [-0.05, 0) is 57.2 Å². The van der Waals surface area contributed by atoms with Crippen molar-refractivity contribution < 1.29 is 34.1 Å². The lowest BCUT2D eigenvalue weighted by Gasteiger charge is -2.13. The lowest BCUT2D eigenvalue weighted by atomic mass is 10.0. The Hall–Kier alpha value is -7.58. The zero-order valence-corrected chi connectivity index (χ0v) is 34.0. The molecule has 6 heterocycles. The summed E-state index contributed by atoms with van der Waals surface area (Å²) >= 11 is 0. The maximum atomic E-state index is 12.4. The van der Waals surface area contributed by atoms with Gasteiger partial charge in [-0.1, -0.05) is 43.2 Å². The number of nitrogens with two attached hydrogens (primary N) is 1. The van der Waals surface area contributed by atoms with E-state index in [0.717, 1.165) is 0 Å². The van der Waals surface area contributed by atoms with Crippen LogP contribution in [0.2, 0.25) is 0 Å². The zero-order chi connectivity index (χ0) is 42.9. The fourth-order valence-corrected chi connectivity index (χ4v) is 6.59. The largest absolute Gasteiger partial charge is 0.461 e. The fourth-order valence-electron chi connectivity index (χ4n) is 6.59. The van der Waals surface area contributed by atoms with Crippen LogP contribution in [0.3, 0.4) is 0 Å². The lowest BCUT2D eigenvalue weighted by Crippen LogP contribution is -2.37. The van der Waals surface area contributed by atoms with E-state index >= 15 is 0 Å². The first-order valence-electron chi connectivity index (χ1n) is 18.8. The maximum absolute atomic E-state index is 12.4. The first-order chi connectivity index (χ1) is 28.6. The summed E-state index contributed by atoms with van der Waals surface area (Å²) in [7, 11) is 3.27. The molecule has 0 unspecified atom stereocenters. The summed E-state index contributed by atoms with van der Waals surface area (Å²) in [5, 5.41) is 30.6. The molecule has 2 aromatic carbocycles. The van der Waals surface area contributed by atoms with E-state index in [4.69, 9.17) is 10.5 Å². The SMILES string of the molecule is C.CCOC(=O)c1nn(-c2cccc(C#C[C@]3(O)CCN(C)C3=O)c2)c2nc(C)ncc12.Cc1ncc2c(C(N)=O)nn(-c3cccc(C#C[C@]4(O)CCN(C)C4=O)c3)c2n1.N. The van der Waals surface area contributed by atoms with Crippen LogP contribution in [0.4, 0.5) is 0 Å². The summed E-state index contributed by atoms with van der Waals surface area (Å²) in [4.78, 5) is 68.3. The Kier molecular flexibility index (Phi) is 13.2. The van der Waals surface area contributed by atoms with Gasteiger partial charge in [0.15, 0.2) is 22.7 Å². The summed E-state index contributed by atoms with van der Waals surface area (Å²) in [5.74, 6) is 10.2. The second-order valence-electron chi connectivity index (χ2n) is 14.2. The van der Waals surface area contributed by atoms with Crippen molar-refractivity contribution in [3.05, 3.63) is 95.1 Å². The highest BCUT2D eigenvalue weighted by Crippen LogP contribution is 2.25. The van der Waals surface area contributed by atoms with Crippen molar-refractivity contribution >= 4 is 45.8 Å². The van der Waals surface area contributed by atoms with Crippen LogP contribution >= 0.6 is 0 Å². The monoisotopic (exact) mass is 842 g/mol. The van der Waals surface area contributed by atoms with Crippen molar-refractivity contribution in [2.45, 2.75) is 52.2 Å². The number of rotatable bonds is 5. The second kappa shape index (κ2) is 18.0. The van der Waals surface area contributed by atoms with E-state index in [-0.39, 0.29) is 44.4 Å². The van der Waals surface area contributed by atoms with E-state index in [9.17, 15) is 29.4 Å². The minimum atomic E-state index is -1.68. The molecular formula is C43H46N12O7. The summed E-state index contributed by atoms with van der Waals surface area (Å²) < 4.78 is 8.14. The van der Waals surface area contributed by atoms with Crippen molar-refractivity contribution in [3.8, 4) is 35.1 Å². The number of fused-ring (bicyclic) bond motifs is 2. The van der Waals surface area contributed by atoms with Gasteiger partial charge in [0, 0.05) is 63.5 Å². The van der Waals surface area contributed by atoms with Gasteiger partial charge >= 0.3 is 5.97 Å². The molecule has 320 valence electrons. The molecule has 0 radical (unpaired) electrons. The number of aliphatic hydroxyl groups is 2. The molecular weight excluding hydrogens is 797 g/mol. The number of likely N-dealkylation sites (tertiary alicyclic amines) is 2. The quantitative estimate of drug-likeness (QED) is 0.143. The Labute approximate surface area is 356 Å². The number of esters is 1. The molecule has 2 aliphatic heterocycles. The molecule has 19 nitrogen and oxygen atoms in total. The van der Waals surface area contributed by atoms with E-state index in [1.54, 1.807) is 89.6 Å². The van der Waals surface area contributed by atoms with Gasteiger partial charge in [-0.2, -0.15) is 10.2 Å². The number of amides is 3. The van der Waals surface area contributed by atoms with Gasteiger partial charge in [-0.15, -0.1) is 0 Å². The molecule has 0 aliphatic carbocycles. The number of aromatic nitrogens is 8. The van der Waals surface area contributed by atoms with E-state index in [2.05, 4.69) is 53.8 Å². The van der Waals surface area contributed by atoms with Crippen LogP contribution in [0.15, 0.2) is 60.9 Å². The van der Waals surface area contributed by atoms with Gasteiger partial charge in [-0.3, -0.25) is 14.4 Å². The smallest absolute Gasteiger partial charge is 0.359 e. The zero-order valence-electron chi connectivity index (χ0n) is 34.0. The number of carbonyl (C=O) groups is 4. The Bertz CT molecular complexity index is 2870. The molecule has 0 saturated carbocycles. The maximum Gasteiger partial charge on any atom is 0.359 e. The Morgan fingerprint density at radius 3 is 1.61 bits per heavy atom. The molecule has 3 amide bonds. The molecule has 0 spiro atoms. The highest BCUT2D eigenvalue weighted by molar-refractivity contribution is 6.03. The number of nitrogens with zero attached hydrogens (tertiary/aromatic N) is 10. The van der Waals surface area contributed by atoms with Crippen LogP contribution in [0.5, 0.6) is 0 Å². The third-order valence-electron chi connectivity index (χ3n) is 9.82. The van der Waals surface area contributed by atoms with Gasteiger partial charge in [0.25, 0.3) is 17.7 Å². The predicted molar refractivity (Wildman–Crippen MR) is 227 cm³/mol. The van der Waals surface area contributed by atoms with Crippen LogP contribution in [-0.4, -0.2) is 128 Å². The molecule has 7 N–H and O–H groups in total. The van der Waals surface area contributed by atoms with E-state index < -0.39 is 34.9 Å². The molecule has 62 heavy (non-hydrogen) atoms. The summed E-state index contributed by atoms with van der Waals surface area (Å²) in [5.41, 5.74) is 5.59. The molecule has 19 heteroatoms. The highest BCUT2D eigenvalue weighted by atomic mass is 16.5. The topological polar surface area (TPSA) is 273 Å². The number of aryl methyl sites for hydroxylation is 2. The third kappa shape index (κ3) is 8.81. The van der Waals surface area contributed by atoms with Crippen molar-refractivity contribution in [1.29, 1.82) is 0 Å². The van der Waals surface area contributed by atoms with Crippen molar-refractivity contribution in [2.75, 3.05) is 33.8 Å². The summed E-state index contributed by atoms with van der Waals surface area (Å²) in [6.45, 7) is 6.34. The van der Waals surface area contributed by atoms with Crippen molar-refractivity contribution in [2.24, 2.45) is 5.73 Å². The number of carbonyl (C=O) groups excluding carboxylic acids is 4. The molecule has 2 atom stereocenters. The molecule has 2 fully saturated rings. The first kappa shape index (κ1) is 45.5. The first-order valence-corrected chi connectivity index (χ1v) is 18.8. The second-order valence-corrected chi connectivity index (χ2v) is 14.2. The normalized spacial score (nSPS) is 17.9. The van der Waals surface area contributed by atoms with Crippen LogP contribution in [0.25, 0.3) is 33.4 Å². The van der Waals surface area contributed by atoms with Crippen molar-refractivity contribution in [1.82, 2.24) is 55.4 Å². The average molecular weight is 843 g/mol. The third-order valence-corrected chi connectivity index (χ3v) is 9.82. The number of ether oxygens (including phenoxy) is 1. The van der Waals surface area contributed by atoms with Gasteiger partial charge in [0.05, 0.1) is 28.8 Å².